The highest BCUT2D eigenvalue weighted by Crippen LogP contribution is 2.18. The van der Waals surface area contributed by atoms with Crippen LogP contribution in [-0.2, 0) is 13.7 Å². The Hall–Kier alpha value is -0.990. The lowest BCUT2D eigenvalue weighted by Crippen LogP contribution is -1.97. The first kappa shape index (κ1) is 11.1. The Morgan fingerprint density at radius 1 is 1.71 bits per heavy atom. The van der Waals surface area contributed by atoms with Crippen molar-refractivity contribution in [2.75, 3.05) is 5.75 Å². The van der Waals surface area contributed by atoms with Gasteiger partial charge in [0.05, 0.1) is 24.6 Å². The molecule has 1 aromatic heterocycles. The van der Waals surface area contributed by atoms with Gasteiger partial charge in [-0.15, -0.1) is 0 Å². The molecule has 1 heterocycles. The first-order valence-electron chi connectivity index (χ1n) is 4.40. The second-order valence-electron chi connectivity index (χ2n) is 2.86. The van der Waals surface area contributed by atoms with E-state index in [-0.39, 0.29) is 6.61 Å². The molecule has 0 aliphatic heterocycles. The molecule has 0 unspecified atom stereocenters. The summed E-state index contributed by atoms with van der Waals surface area (Å²) in [7, 11) is 1.88. The molecule has 0 aliphatic rings. The van der Waals surface area contributed by atoms with Gasteiger partial charge in [-0.3, -0.25) is 0 Å². The van der Waals surface area contributed by atoms with Gasteiger partial charge in [-0.2, -0.15) is 5.26 Å². The summed E-state index contributed by atoms with van der Waals surface area (Å²) in [4.78, 5) is 4.17. The molecule has 4 nitrogen and oxygen atoms in total. The number of hydrogen-bond acceptors (Lipinski definition) is 4. The van der Waals surface area contributed by atoms with Crippen molar-refractivity contribution in [3.05, 3.63) is 11.9 Å². The van der Waals surface area contributed by atoms with Crippen LogP contribution in [0, 0.1) is 11.3 Å². The lowest BCUT2D eigenvalue weighted by Gasteiger charge is -2.02. The Balaban J connectivity index is 2.43. The average molecular weight is 211 g/mol. The number of aromatic nitrogens is 2. The fourth-order valence-electron chi connectivity index (χ4n) is 1.02. The molecule has 0 spiro atoms. The molecule has 0 radical (unpaired) electrons. The molecule has 0 amide bonds. The number of unbranched alkanes of at least 4 members (excludes halogenated alkanes) is 1. The molecule has 1 N–H and O–H groups in total. The Kier molecular flexibility index (Phi) is 4.50. The van der Waals surface area contributed by atoms with Crippen LogP contribution in [0.2, 0.25) is 0 Å². The van der Waals surface area contributed by atoms with Crippen molar-refractivity contribution in [3.63, 3.8) is 0 Å². The maximum Gasteiger partial charge on any atom is 0.167 e. The summed E-state index contributed by atoms with van der Waals surface area (Å²) in [5.74, 6) is 0.892. The third kappa shape index (κ3) is 2.76. The normalized spacial score (nSPS) is 10.1. The van der Waals surface area contributed by atoms with Crippen LogP contribution < -0.4 is 0 Å². The lowest BCUT2D eigenvalue weighted by molar-refractivity contribution is 0.271. The Morgan fingerprint density at radius 3 is 3.07 bits per heavy atom. The van der Waals surface area contributed by atoms with E-state index >= 15 is 0 Å². The van der Waals surface area contributed by atoms with E-state index in [1.54, 1.807) is 18.0 Å². The van der Waals surface area contributed by atoms with Crippen molar-refractivity contribution < 1.29 is 5.11 Å². The van der Waals surface area contributed by atoms with Crippen LogP contribution in [0.15, 0.2) is 11.4 Å². The highest BCUT2D eigenvalue weighted by Gasteiger charge is 2.05. The molecule has 0 saturated carbocycles. The SMILES string of the molecule is Cn1c(CO)cnc1SCCCC#N. The molecular formula is C9H13N3OS. The van der Waals surface area contributed by atoms with Gasteiger partial charge < -0.3 is 9.67 Å². The smallest absolute Gasteiger partial charge is 0.167 e. The molecular weight excluding hydrogens is 198 g/mol. The molecule has 5 heteroatoms. The number of rotatable bonds is 5. The predicted octanol–water partition coefficient (Wildman–Crippen LogP) is 1.31. The lowest BCUT2D eigenvalue weighted by atomic mass is 10.4. The Morgan fingerprint density at radius 2 is 2.50 bits per heavy atom. The third-order valence-electron chi connectivity index (χ3n) is 1.87. The minimum absolute atomic E-state index is 0.0161. The van der Waals surface area contributed by atoms with Crippen molar-refractivity contribution in [2.45, 2.75) is 24.6 Å². The number of thioether (sulfide) groups is 1. The zero-order valence-corrected chi connectivity index (χ0v) is 8.92. The van der Waals surface area contributed by atoms with Gasteiger partial charge in [0.1, 0.15) is 0 Å². The molecule has 1 rings (SSSR count). The van der Waals surface area contributed by atoms with Crippen LogP contribution in [0.4, 0.5) is 0 Å². The number of imidazole rings is 1. The van der Waals surface area contributed by atoms with Crippen LogP contribution in [0.5, 0.6) is 0 Å². The topological polar surface area (TPSA) is 61.8 Å². The molecule has 76 valence electrons. The molecule has 0 fully saturated rings. The number of nitriles is 1. The number of aliphatic hydroxyl groups is 1. The zero-order valence-electron chi connectivity index (χ0n) is 8.10. The maximum absolute atomic E-state index is 8.93. The number of hydrogen-bond donors (Lipinski definition) is 1. The molecule has 0 aliphatic carbocycles. The molecule has 1 aromatic rings. The van der Waals surface area contributed by atoms with E-state index in [1.165, 1.54) is 0 Å². The van der Waals surface area contributed by atoms with Gasteiger partial charge in [0, 0.05) is 19.2 Å². The second kappa shape index (κ2) is 5.68. The van der Waals surface area contributed by atoms with E-state index in [1.807, 2.05) is 11.6 Å². The van der Waals surface area contributed by atoms with Crippen molar-refractivity contribution in [1.29, 1.82) is 5.26 Å². The first-order chi connectivity index (χ1) is 6.79. The Labute approximate surface area is 87.6 Å². The van der Waals surface area contributed by atoms with Crippen LogP contribution in [0.1, 0.15) is 18.5 Å². The Bertz CT molecular complexity index is 329. The average Bonchev–Trinajstić information content (AvgIpc) is 2.55. The van der Waals surface area contributed by atoms with E-state index in [9.17, 15) is 0 Å². The van der Waals surface area contributed by atoms with Crippen LogP contribution in [0.3, 0.4) is 0 Å². The van der Waals surface area contributed by atoms with Gasteiger partial charge in [-0.25, -0.2) is 4.98 Å². The molecule has 0 aromatic carbocycles. The van der Waals surface area contributed by atoms with Gasteiger partial charge in [-0.05, 0) is 6.42 Å². The zero-order chi connectivity index (χ0) is 10.4. The highest BCUT2D eigenvalue weighted by molar-refractivity contribution is 7.99. The fraction of sp³-hybridized carbons (Fsp3) is 0.556. The van der Waals surface area contributed by atoms with E-state index in [0.29, 0.717) is 6.42 Å². The largest absolute Gasteiger partial charge is 0.390 e. The monoisotopic (exact) mass is 211 g/mol. The summed E-state index contributed by atoms with van der Waals surface area (Å²) < 4.78 is 1.87. The summed E-state index contributed by atoms with van der Waals surface area (Å²) >= 11 is 1.61. The minimum atomic E-state index is 0.0161. The van der Waals surface area contributed by atoms with Crippen molar-refractivity contribution in [3.8, 4) is 6.07 Å². The van der Waals surface area contributed by atoms with Crippen molar-refractivity contribution in [2.24, 2.45) is 7.05 Å². The quantitative estimate of drug-likeness (QED) is 0.589. The van der Waals surface area contributed by atoms with E-state index in [0.717, 1.165) is 23.0 Å². The first-order valence-corrected chi connectivity index (χ1v) is 5.39. The standard InChI is InChI=1S/C9H13N3OS/c1-12-8(7-13)6-11-9(12)14-5-3-2-4-10/h6,13H,2-3,5,7H2,1H3. The van der Waals surface area contributed by atoms with Crippen LogP contribution in [-0.4, -0.2) is 20.4 Å². The van der Waals surface area contributed by atoms with Gasteiger partial charge in [0.25, 0.3) is 0 Å². The fourth-order valence-corrected chi connectivity index (χ4v) is 1.93. The molecule has 14 heavy (non-hydrogen) atoms. The third-order valence-corrected chi connectivity index (χ3v) is 3.00. The van der Waals surface area contributed by atoms with Gasteiger partial charge in [-0.1, -0.05) is 11.8 Å². The van der Waals surface area contributed by atoms with Crippen molar-refractivity contribution >= 4 is 11.8 Å². The number of nitrogens with zero attached hydrogens (tertiary/aromatic N) is 3. The molecule has 0 saturated heterocycles. The summed E-state index contributed by atoms with van der Waals surface area (Å²) in [5.41, 5.74) is 0.813. The summed E-state index contributed by atoms with van der Waals surface area (Å²) in [6, 6.07) is 2.10. The summed E-state index contributed by atoms with van der Waals surface area (Å²) in [5, 5.41) is 18.2. The van der Waals surface area contributed by atoms with Gasteiger partial charge >= 0.3 is 0 Å². The van der Waals surface area contributed by atoms with Crippen LogP contribution in [0.25, 0.3) is 0 Å². The summed E-state index contributed by atoms with van der Waals surface area (Å²) in [6.45, 7) is 0.0161. The van der Waals surface area contributed by atoms with E-state index in [2.05, 4.69) is 11.1 Å². The van der Waals surface area contributed by atoms with Gasteiger partial charge in [0.15, 0.2) is 5.16 Å². The second-order valence-corrected chi connectivity index (χ2v) is 3.92. The highest BCUT2D eigenvalue weighted by atomic mass is 32.2. The van der Waals surface area contributed by atoms with Crippen LogP contribution >= 0.6 is 11.8 Å². The van der Waals surface area contributed by atoms with E-state index in [4.69, 9.17) is 10.4 Å². The number of aliphatic hydroxyl groups excluding tert-OH is 1. The van der Waals surface area contributed by atoms with Gasteiger partial charge in [0.2, 0.25) is 0 Å². The van der Waals surface area contributed by atoms with E-state index < -0.39 is 0 Å². The molecule has 0 atom stereocenters. The van der Waals surface area contributed by atoms with Crippen molar-refractivity contribution in [1.82, 2.24) is 9.55 Å². The maximum atomic E-state index is 8.93. The molecule has 0 bridgehead atoms. The summed E-state index contributed by atoms with van der Waals surface area (Å²) in [6.07, 6.45) is 3.14. The predicted molar refractivity (Wildman–Crippen MR) is 54.7 cm³/mol. The minimum Gasteiger partial charge on any atom is -0.390 e.